The molecule has 0 radical (unpaired) electrons. The average Bonchev–Trinajstić information content (AvgIpc) is 2.79. The summed E-state index contributed by atoms with van der Waals surface area (Å²) in [6, 6.07) is 3.46. The van der Waals surface area contributed by atoms with Gasteiger partial charge >= 0.3 is 0 Å². The zero-order valence-corrected chi connectivity index (χ0v) is 10.6. The smallest absolute Gasteiger partial charge is 0.258 e. The quantitative estimate of drug-likeness (QED) is 0.891. The molecule has 0 saturated carbocycles. The molecule has 0 aliphatic rings. The molecule has 0 bridgehead atoms. The number of rotatable bonds is 4. The normalized spacial score (nSPS) is 12.9. The van der Waals surface area contributed by atoms with Gasteiger partial charge in [0.25, 0.3) is 5.89 Å². The molecule has 18 heavy (non-hydrogen) atoms. The van der Waals surface area contributed by atoms with Gasteiger partial charge in [0.05, 0.1) is 0 Å². The second-order valence-electron chi connectivity index (χ2n) is 4.33. The lowest BCUT2D eigenvalue weighted by Crippen LogP contribution is -2.10. The van der Waals surface area contributed by atoms with Crippen molar-refractivity contribution in [1.29, 1.82) is 0 Å². The molecular formula is C12H16N4O2. The monoisotopic (exact) mass is 248 g/mol. The lowest BCUT2D eigenvalue weighted by Gasteiger charge is -2.14. The molecule has 2 aromatic rings. The summed E-state index contributed by atoms with van der Waals surface area (Å²) < 4.78 is 10.6. The van der Waals surface area contributed by atoms with Crippen LogP contribution >= 0.6 is 0 Å². The van der Waals surface area contributed by atoms with Crippen molar-refractivity contribution in [2.75, 3.05) is 12.8 Å². The number of nitrogens with two attached hydrogens (primary N) is 1. The van der Waals surface area contributed by atoms with Crippen LogP contribution in [-0.4, -0.2) is 22.2 Å². The Kier molecular flexibility index (Phi) is 3.57. The van der Waals surface area contributed by atoms with Gasteiger partial charge in [0.1, 0.15) is 11.9 Å². The van der Waals surface area contributed by atoms with E-state index in [4.69, 9.17) is 15.0 Å². The fourth-order valence-electron chi connectivity index (χ4n) is 1.72. The Balaban J connectivity index is 2.30. The fourth-order valence-corrected chi connectivity index (χ4v) is 1.72. The van der Waals surface area contributed by atoms with Gasteiger partial charge in [-0.2, -0.15) is 4.98 Å². The molecule has 2 rings (SSSR count). The Morgan fingerprint density at radius 2 is 2.17 bits per heavy atom. The molecule has 2 aromatic heterocycles. The topological polar surface area (TPSA) is 87.1 Å². The Morgan fingerprint density at radius 1 is 1.39 bits per heavy atom. The van der Waals surface area contributed by atoms with Crippen LogP contribution in [0.25, 0.3) is 11.5 Å². The van der Waals surface area contributed by atoms with E-state index in [-0.39, 0.29) is 12.0 Å². The summed E-state index contributed by atoms with van der Waals surface area (Å²) in [6.07, 6.45) is 1.42. The summed E-state index contributed by atoms with van der Waals surface area (Å²) in [5.74, 6) is 1.64. The highest BCUT2D eigenvalue weighted by Crippen LogP contribution is 2.25. The number of nitrogen functional groups attached to an aromatic ring is 1. The third kappa shape index (κ3) is 2.48. The van der Waals surface area contributed by atoms with Crippen molar-refractivity contribution < 1.29 is 9.26 Å². The maximum Gasteiger partial charge on any atom is 0.258 e. The maximum atomic E-state index is 5.61. The first kappa shape index (κ1) is 12.5. The second-order valence-corrected chi connectivity index (χ2v) is 4.33. The van der Waals surface area contributed by atoms with E-state index in [9.17, 15) is 0 Å². The number of nitrogens with zero attached hydrogens (tertiary/aromatic N) is 3. The van der Waals surface area contributed by atoms with E-state index in [1.54, 1.807) is 25.4 Å². The molecule has 96 valence electrons. The van der Waals surface area contributed by atoms with Crippen LogP contribution in [0.5, 0.6) is 0 Å². The van der Waals surface area contributed by atoms with Crippen LogP contribution in [0.15, 0.2) is 22.9 Å². The molecule has 6 nitrogen and oxygen atoms in total. The lowest BCUT2D eigenvalue weighted by atomic mass is 10.1. The van der Waals surface area contributed by atoms with Crippen molar-refractivity contribution in [2.45, 2.75) is 20.0 Å². The van der Waals surface area contributed by atoms with Gasteiger partial charge in [-0.3, -0.25) is 0 Å². The summed E-state index contributed by atoms with van der Waals surface area (Å²) in [6.45, 7) is 4.07. The van der Waals surface area contributed by atoms with E-state index in [2.05, 4.69) is 15.1 Å². The SMILES string of the molecule is COC(c1noc(-c2ccnc(N)c2)n1)C(C)C. The average molecular weight is 248 g/mol. The van der Waals surface area contributed by atoms with Crippen LogP contribution < -0.4 is 5.73 Å². The number of anilines is 1. The summed E-state index contributed by atoms with van der Waals surface area (Å²) in [4.78, 5) is 8.24. The fraction of sp³-hybridized carbons (Fsp3) is 0.417. The standard InChI is InChI=1S/C12H16N4O2/c1-7(2)10(17-3)11-15-12(18-16-11)8-4-5-14-9(13)6-8/h4-7,10H,1-3H3,(H2,13,14). The van der Waals surface area contributed by atoms with Crippen molar-refractivity contribution in [1.82, 2.24) is 15.1 Å². The number of ether oxygens (including phenoxy) is 1. The van der Waals surface area contributed by atoms with Gasteiger partial charge in [0.2, 0.25) is 5.82 Å². The minimum Gasteiger partial charge on any atom is -0.384 e. The van der Waals surface area contributed by atoms with E-state index in [0.717, 1.165) is 5.56 Å². The highest BCUT2D eigenvalue weighted by atomic mass is 16.5. The van der Waals surface area contributed by atoms with Crippen molar-refractivity contribution >= 4 is 5.82 Å². The van der Waals surface area contributed by atoms with Crippen LogP contribution in [0, 0.1) is 5.92 Å². The molecule has 0 aliphatic heterocycles. The van der Waals surface area contributed by atoms with Crippen molar-refractivity contribution in [3.63, 3.8) is 0 Å². The van der Waals surface area contributed by atoms with Crippen LogP contribution in [-0.2, 0) is 4.74 Å². The number of methoxy groups -OCH3 is 1. The molecular weight excluding hydrogens is 232 g/mol. The predicted octanol–water partition coefficient (Wildman–Crippen LogP) is 2.06. The van der Waals surface area contributed by atoms with E-state index in [0.29, 0.717) is 17.5 Å². The Morgan fingerprint density at radius 3 is 2.78 bits per heavy atom. The molecule has 1 unspecified atom stereocenters. The minimum atomic E-state index is -0.179. The van der Waals surface area contributed by atoms with E-state index < -0.39 is 0 Å². The van der Waals surface area contributed by atoms with Crippen molar-refractivity contribution in [2.24, 2.45) is 5.92 Å². The van der Waals surface area contributed by atoms with E-state index in [1.165, 1.54) is 0 Å². The molecule has 0 amide bonds. The van der Waals surface area contributed by atoms with Crippen LogP contribution in [0.4, 0.5) is 5.82 Å². The number of aromatic nitrogens is 3. The van der Waals surface area contributed by atoms with Crippen LogP contribution in [0.1, 0.15) is 25.8 Å². The molecule has 0 spiro atoms. The summed E-state index contributed by atoms with van der Waals surface area (Å²) in [5, 5.41) is 3.94. The number of hydrogen-bond donors (Lipinski definition) is 1. The predicted molar refractivity (Wildman–Crippen MR) is 66.5 cm³/mol. The number of hydrogen-bond acceptors (Lipinski definition) is 6. The number of pyridine rings is 1. The zero-order valence-electron chi connectivity index (χ0n) is 10.6. The van der Waals surface area contributed by atoms with Gasteiger partial charge in [-0.25, -0.2) is 4.98 Å². The largest absolute Gasteiger partial charge is 0.384 e. The maximum absolute atomic E-state index is 5.61. The molecule has 0 aromatic carbocycles. The van der Waals surface area contributed by atoms with Gasteiger partial charge in [-0.1, -0.05) is 19.0 Å². The Bertz CT molecular complexity index is 524. The minimum absolute atomic E-state index is 0.179. The first-order valence-electron chi connectivity index (χ1n) is 5.70. The Hall–Kier alpha value is -1.95. The zero-order chi connectivity index (χ0) is 13.1. The van der Waals surface area contributed by atoms with Crippen molar-refractivity contribution in [3.05, 3.63) is 24.2 Å². The lowest BCUT2D eigenvalue weighted by molar-refractivity contribution is 0.0556. The second kappa shape index (κ2) is 5.14. The summed E-state index contributed by atoms with van der Waals surface area (Å²) >= 11 is 0. The third-order valence-electron chi connectivity index (χ3n) is 2.58. The molecule has 2 heterocycles. The van der Waals surface area contributed by atoms with Gasteiger partial charge in [-0.15, -0.1) is 0 Å². The molecule has 0 saturated heterocycles. The van der Waals surface area contributed by atoms with Crippen molar-refractivity contribution in [3.8, 4) is 11.5 Å². The van der Waals surface area contributed by atoms with E-state index >= 15 is 0 Å². The van der Waals surface area contributed by atoms with Gasteiger partial charge in [-0.05, 0) is 18.1 Å². The molecule has 1 atom stereocenters. The van der Waals surface area contributed by atoms with E-state index in [1.807, 2.05) is 13.8 Å². The molecule has 6 heteroatoms. The third-order valence-corrected chi connectivity index (χ3v) is 2.58. The first-order valence-corrected chi connectivity index (χ1v) is 5.70. The molecule has 2 N–H and O–H groups in total. The molecule has 0 fully saturated rings. The van der Waals surface area contributed by atoms with Crippen LogP contribution in [0.2, 0.25) is 0 Å². The van der Waals surface area contributed by atoms with Gasteiger partial charge < -0.3 is 15.0 Å². The van der Waals surface area contributed by atoms with Crippen LogP contribution in [0.3, 0.4) is 0 Å². The summed E-state index contributed by atoms with van der Waals surface area (Å²) in [7, 11) is 1.63. The van der Waals surface area contributed by atoms with Gasteiger partial charge in [0.15, 0.2) is 0 Å². The summed E-state index contributed by atoms with van der Waals surface area (Å²) in [5.41, 5.74) is 6.36. The highest BCUT2D eigenvalue weighted by molar-refractivity contribution is 5.56. The highest BCUT2D eigenvalue weighted by Gasteiger charge is 2.21. The van der Waals surface area contributed by atoms with Gasteiger partial charge in [0, 0.05) is 18.9 Å². The molecule has 0 aliphatic carbocycles. The Labute approximate surface area is 105 Å². The first-order chi connectivity index (χ1) is 8.61.